The number of halogens is 1. The number of nitrogens with zero attached hydrogens (tertiary/aromatic N) is 2. The molecule has 5 heteroatoms. The molecule has 0 spiro atoms. The summed E-state index contributed by atoms with van der Waals surface area (Å²) in [6.07, 6.45) is 8.36. The van der Waals surface area contributed by atoms with Crippen LogP contribution in [-0.2, 0) is 11.3 Å². The van der Waals surface area contributed by atoms with Gasteiger partial charge < -0.3 is 5.32 Å². The maximum atomic E-state index is 12.0. The highest BCUT2D eigenvalue weighted by molar-refractivity contribution is 9.10. The fourth-order valence-electron chi connectivity index (χ4n) is 2.76. The maximum absolute atomic E-state index is 12.0. The standard InChI is InChI=1S/C16H18BrN3O/c17-14-5-3-4-12(8-14)13-9-18-20(10-13)11-16(21)19-15-6-1-2-7-15/h3-5,8-10,15H,1-2,6-7,11H2,(H,19,21). The number of amides is 1. The van der Waals surface area contributed by atoms with Crippen LogP contribution in [0.15, 0.2) is 41.1 Å². The lowest BCUT2D eigenvalue weighted by Gasteiger charge is -2.11. The average Bonchev–Trinajstić information content (AvgIpc) is 3.10. The van der Waals surface area contributed by atoms with E-state index in [4.69, 9.17) is 0 Å². The van der Waals surface area contributed by atoms with E-state index in [1.54, 1.807) is 10.9 Å². The molecule has 0 aliphatic heterocycles. The lowest BCUT2D eigenvalue weighted by atomic mass is 10.1. The van der Waals surface area contributed by atoms with Gasteiger partial charge in [0.25, 0.3) is 0 Å². The molecule has 1 aromatic carbocycles. The Morgan fingerprint density at radius 2 is 2.14 bits per heavy atom. The Labute approximate surface area is 132 Å². The second-order valence-electron chi connectivity index (χ2n) is 5.49. The maximum Gasteiger partial charge on any atom is 0.241 e. The smallest absolute Gasteiger partial charge is 0.241 e. The molecule has 1 aliphatic rings. The molecular weight excluding hydrogens is 330 g/mol. The first kappa shape index (κ1) is 14.3. The van der Waals surface area contributed by atoms with Gasteiger partial charge in [0, 0.05) is 22.3 Å². The molecule has 0 radical (unpaired) electrons. The molecule has 1 aliphatic carbocycles. The molecule has 1 N–H and O–H groups in total. The molecular formula is C16H18BrN3O. The Balaban J connectivity index is 1.63. The minimum atomic E-state index is 0.0470. The number of carbonyl (C=O) groups is 1. The molecule has 1 aromatic heterocycles. The van der Waals surface area contributed by atoms with E-state index in [-0.39, 0.29) is 12.5 Å². The molecule has 0 saturated heterocycles. The molecule has 1 amide bonds. The van der Waals surface area contributed by atoms with E-state index in [0.717, 1.165) is 28.4 Å². The summed E-state index contributed by atoms with van der Waals surface area (Å²) in [4.78, 5) is 12.0. The number of benzene rings is 1. The van der Waals surface area contributed by atoms with Crippen LogP contribution in [0.4, 0.5) is 0 Å². The van der Waals surface area contributed by atoms with Crippen molar-refractivity contribution in [3.8, 4) is 11.1 Å². The molecule has 21 heavy (non-hydrogen) atoms. The molecule has 0 atom stereocenters. The van der Waals surface area contributed by atoms with Gasteiger partial charge in [-0.2, -0.15) is 5.10 Å². The molecule has 1 fully saturated rings. The summed E-state index contributed by atoms with van der Waals surface area (Å²) in [6.45, 7) is 0.282. The van der Waals surface area contributed by atoms with E-state index in [0.29, 0.717) is 6.04 Å². The van der Waals surface area contributed by atoms with E-state index in [2.05, 4.69) is 26.3 Å². The average molecular weight is 348 g/mol. The Kier molecular flexibility index (Phi) is 4.39. The summed E-state index contributed by atoms with van der Waals surface area (Å²) in [6, 6.07) is 8.41. The first-order valence-corrected chi connectivity index (χ1v) is 8.08. The van der Waals surface area contributed by atoms with Gasteiger partial charge in [0.15, 0.2) is 0 Å². The zero-order chi connectivity index (χ0) is 14.7. The van der Waals surface area contributed by atoms with E-state index < -0.39 is 0 Å². The van der Waals surface area contributed by atoms with Crippen LogP contribution < -0.4 is 5.32 Å². The van der Waals surface area contributed by atoms with Crippen molar-refractivity contribution in [2.75, 3.05) is 0 Å². The van der Waals surface area contributed by atoms with Crippen molar-refractivity contribution in [1.82, 2.24) is 15.1 Å². The quantitative estimate of drug-likeness (QED) is 0.921. The van der Waals surface area contributed by atoms with Gasteiger partial charge in [-0.25, -0.2) is 0 Å². The topological polar surface area (TPSA) is 46.9 Å². The van der Waals surface area contributed by atoms with Crippen LogP contribution in [0, 0.1) is 0 Å². The third kappa shape index (κ3) is 3.73. The number of carbonyl (C=O) groups excluding carboxylic acids is 1. The Hall–Kier alpha value is -1.62. The first-order valence-electron chi connectivity index (χ1n) is 7.28. The van der Waals surface area contributed by atoms with E-state index >= 15 is 0 Å². The molecule has 2 aromatic rings. The Morgan fingerprint density at radius 3 is 2.90 bits per heavy atom. The predicted molar refractivity (Wildman–Crippen MR) is 85.8 cm³/mol. The molecule has 0 bridgehead atoms. The fraction of sp³-hybridized carbons (Fsp3) is 0.375. The molecule has 110 valence electrons. The second kappa shape index (κ2) is 6.43. The van der Waals surface area contributed by atoms with Gasteiger partial charge >= 0.3 is 0 Å². The summed E-state index contributed by atoms with van der Waals surface area (Å²) in [7, 11) is 0. The highest BCUT2D eigenvalue weighted by Crippen LogP contribution is 2.22. The lowest BCUT2D eigenvalue weighted by molar-refractivity contribution is -0.122. The first-order chi connectivity index (χ1) is 10.2. The van der Waals surface area contributed by atoms with Crippen LogP contribution in [0.3, 0.4) is 0 Å². The van der Waals surface area contributed by atoms with E-state index in [1.807, 2.05) is 30.5 Å². The van der Waals surface area contributed by atoms with Gasteiger partial charge in [0.05, 0.1) is 6.20 Å². The summed E-state index contributed by atoms with van der Waals surface area (Å²) in [5.41, 5.74) is 2.11. The van der Waals surface area contributed by atoms with E-state index in [1.165, 1.54) is 12.8 Å². The third-order valence-corrected chi connectivity index (χ3v) is 4.31. The number of nitrogens with one attached hydrogen (secondary N) is 1. The van der Waals surface area contributed by atoms with Gasteiger partial charge in [0.2, 0.25) is 5.91 Å². The summed E-state index contributed by atoms with van der Waals surface area (Å²) >= 11 is 3.46. The van der Waals surface area contributed by atoms with Crippen molar-refractivity contribution < 1.29 is 4.79 Å². The van der Waals surface area contributed by atoms with Crippen LogP contribution in [0.1, 0.15) is 25.7 Å². The lowest BCUT2D eigenvalue weighted by Crippen LogP contribution is -2.35. The van der Waals surface area contributed by atoms with Gasteiger partial charge in [-0.1, -0.05) is 40.9 Å². The minimum Gasteiger partial charge on any atom is -0.352 e. The number of aromatic nitrogens is 2. The van der Waals surface area contributed by atoms with Crippen molar-refractivity contribution >= 4 is 21.8 Å². The number of hydrogen-bond donors (Lipinski definition) is 1. The molecule has 1 heterocycles. The van der Waals surface area contributed by atoms with Crippen molar-refractivity contribution in [3.63, 3.8) is 0 Å². The van der Waals surface area contributed by atoms with Crippen molar-refractivity contribution in [2.45, 2.75) is 38.3 Å². The normalized spacial score (nSPS) is 15.3. The summed E-state index contributed by atoms with van der Waals surface area (Å²) in [5.74, 6) is 0.0470. The van der Waals surface area contributed by atoms with E-state index in [9.17, 15) is 4.79 Å². The molecule has 1 saturated carbocycles. The summed E-state index contributed by atoms with van der Waals surface area (Å²) < 4.78 is 2.73. The van der Waals surface area contributed by atoms with Crippen molar-refractivity contribution in [1.29, 1.82) is 0 Å². The van der Waals surface area contributed by atoms with Crippen LogP contribution in [0.5, 0.6) is 0 Å². The highest BCUT2D eigenvalue weighted by atomic mass is 79.9. The highest BCUT2D eigenvalue weighted by Gasteiger charge is 2.17. The third-order valence-electron chi connectivity index (χ3n) is 3.82. The summed E-state index contributed by atoms with van der Waals surface area (Å²) in [5, 5.41) is 7.36. The largest absolute Gasteiger partial charge is 0.352 e. The van der Waals surface area contributed by atoms with Crippen LogP contribution in [0.2, 0.25) is 0 Å². The predicted octanol–water partition coefficient (Wildman–Crippen LogP) is 3.37. The Morgan fingerprint density at radius 1 is 1.33 bits per heavy atom. The van der Waals surface area contributed by atoms with Crippen LogP contribution in [-0.4, -0.2) is 21.7 Å². The van der Waals surface area contributed by atoms with Crippen LogP contribution >= 0.6 is 15.9 Å². The molecule has 4 nitrogen and oxygen atoms in total. The zero-order valence-electron chi connectivity index (χ0n) is 11.8. The fourth-order valence-corrected chi connectivity index (χ4v) is 3.16. The Bertz CT molecular complexity index is 632. The van der Waals surface area contributed by atoms with Gasteiger partial charge in [-0.05, 0) is 30.5 Å². The number of rotatable bonds is 4. The van der Waals surface area contributed by atoms with Gasteiger partial charge in [-0.3, -0.25) is 9.48 Å². The molecule has 3 rings (SSSR count). The molecule has 0 unspecified atom stereocenters. The SMILES string of the molecule is O=C(Cn1cc(-c2cccc(Br)c2)cn1)NC1CCCC1. The van der Waals surface area contributed by atoms with Gasteiger partial charge in [0.1, 0.15) is 6.54 Å². The van der Waals surface area contributed by atoms with Crippen molar-refractivity contribution in [2.24, 2.45) is 0 Å². The monoisotopic (exact) mass is 347 g/mol. The van der Waals surface area contributed by atoms with Crippen LogP contribution in [0.25, 0.3) is 11.1 Å². The van der Waals surface area contributed by atoms with Crippen molar-refractivity contribution in [3.05, 3.63) is 41.1 Å². The second-order valence-corrected chi connectivity index (χ2v) is 6.40. The number of hydrogen-bond acceptors (Lipinski definition) is 2. The van der Waals surface area contributed by atoms with Gasteiger partial charge in [-0.15, -0.1) is 0 Å². The minimum absolute atomic E-state index is 0.0470. The zero-order valence-corrected chi connectivity index (χ0v) is 13.3.